The predicted octanol–water partition coefficient (Wildman–Crippen LogP) is 4.06. The molecule has 0 unspecified atom stereocenters. The van der Waals surface area contributed by atoms with Crippen LogP contribution in [-0.4, -0.2) is 34.9 Å². The number of fused-ring (bicyclic) bond motifs is 1. The van der Waals surface area contributed by atoms with E-state index >= 15 is 0 Å². The van der Waals surface area contributed by atoms with Gasteiger partial charge in [-0.2, -0.15) is 5.10 Å². The average molecular weight is 402 g/mol. The molecule has 2 aromatic heterocycles. The number of nitrogens with one attached hydrogen (secondary N) is 1. The van der Waals surface area contributed by atoms with Gasteiger partial charge in [-0.05, 0) is 30.7 Å². The highest BCUT2D eigenvalue weighted by Gasteiger charge is 2.16. The molecule has 0 bridgehead atoms. The number of carbonyl (C=O) groups excluding carboxylic acids is 1. The van der Waals surface area contributed by atoms with E-state index in [0.717, 1.165) is 22.4 Å². The van der Waals surface area contributed by atoms with E-state index in [-0.39, 0.29) is 5.91 Å². The molecule has 0 spiro atoms. The number of carbonyl (C=O) groups is 1. The molecule has 0 saturated carbocycles. The van der Waals surface area contributed by atoms with Gasteiger partial charge in [0.15, 0.2) is 0 Å². The molecule has 7 nitrogen and oxygen atoms in total. The van der Waals surface area contributed by atoms with Gasteiger partial charge >= 0.3 is 0 Å². The third kappa shape index (κ3) is 3.82. The molecular formula is C23H22N4O3. The van der Waals surface area contributed by atoms with Crippen LogP contribution in [0, 0.1) is 6.92 Å². The summed E-state index contributed by atoms with van der Waals surface area (Å²) >= 11 is 0. The lowest BCUT2D eigenvalue weighted by Crippen LogP contribution is -2.14. The molecule has 4 rings (SSSR count). The molecule has 152 valence electrons. The van der Waals surface area contributed by atoms with Gasteiger partial charge in [-0.15, -0.1) is 0 Å². The van der Waals surface area contributed by atoms with E-state index in [1.54, 1.807) is 19.4 Å². The molecule has 0 aliphatic heterocycles. The third-order valence-corrected chi connectivity index (χ3v) is 4.99. The van der Waals surface area contributed by atoms with E-state index in [4.69, 9.17) is 9.47 Å². The Kier molecular flexibility index (Phi) is 5.34. The summed E-state index contributed by atoms with van der Waals surface area (Å²) in [5, 5.41) is 8.16. The molecule has 0 aliphatic carbocycles. The van der Waals surface area contributed by atoms with E-state index in [9.17, 15) is 4.79 Å². The summed E-state index contributed by atoms with van der Waals surface area (Å²) in [4.78, 5) is 17.4. The Morgan fingerprint density at radius 3 is 2.57 bits per heavy atom. The van der Waals surface area contributed by atoms with Gasteiger partial charge in [-0.25, -0.2) is 4.98 Å². The SMILES string of the molecule is COc1ccc(Cn2ncc(NC(=O)c3cc(OC)nc4ccccc34)c2C)cc1. The Morgan fingerprint density at radius 2 is 1.83 bits per heavy atom. The summed E-state index contributed by atoms with van der Waals surface area (Å²) in [6.45, 7) is 2.52. The number of amides is 1. The average Bonchev–Trinajstić information content (AvgIpc) is 3.12. The lowest BCUT2D eigenvalue weighted by Gasteiger charge is -2.10. The maximum Gasteiger partial charge on any atom is 0.256 e. The third-order valence-electron chi connectivity index (χ3n) is 4.99. The van der Waals surface area contributed by atoms with Crippen molar-refractivity contribution in [2.45, 2.75) is 13.5 Å². The minimum Gasteiger partial charge on any atom is -0.497 e. The van der Waals surface area contributed by atoms with Crippen LogP contribution in [0.1, 0.15) is 21.6 Å². The molecule has 1 amide bonds. The molecule has 0 atom stereocenters. The van der Waals surface area contributed by atoms with Crippen molar-refractivity contribution in [1.29, 1.82) is 0 Å². The van der Waals surface area contributed by atoms with Crippen LogP contribution in [0.2, 0.25) is 0 Å². The lowest BCUT2D eigenvalue weighted by molar-refractivity contribution is 0.102. The van der Waals surface area contributed by atoms with Gasteiger partial charge in [-0.1, -0.05) is 30.3 Å². The minimum absolute atomic E-state index is 0.237. The Labute approximate surface area is 174 Å². The fourth-order valence-corrected chi connectivity index (χ4v) is 3.27. The van der Waals surface area contributed by atoms with Gasteiger partial charge in [0.25, 0.3) is 5.91 Å². The van der Waals surface area contributed by atoms with Crippen molar-refractivity contribution in [2.75, 3.05) is 19.5 Å². The second-order valence-corrected chi connectivity index (χ2v) is 6.83. The first-order valence-corrected chi connectivity index (χ1v) is 9.49. The normalized spacial score (nSPS) is 10.8. The van der Waals surface area contributed by atoms with E-state index in [0.29, 0.717) is 29.2 Å². The first-order valence-electron chi connectivity index (χ1n) is 9.49. The van der Waals surface area contributed by atoms with Gasteiger partial charge in [0.05, 0.1) is 49.4 Å². The molecule has 30 heavy (non-hydrogen) atoms. The van der Waals surface area contributed by atoms with E-state index in [2.05, 4.69) is 15.4 Å². The fraction of sp³-hybridized carbons (Fsp3) is 0.174. The fourth-order valence-electron chi connectivity index (χ4n) is 3.27. The number of pyridine rings is 1. The zero-order chi connectivity index (χ0) is 21.1. The standard InChI is InChI=1S/C23H22N4O3/c1-15-21(13-24-27(15)14-16-8-10-17(29-2)11-9-16)26-23(28)19-12-22(30-3)25-20-7-5-4-6-18(19)20/h4-13H,14H2,1-3H3,(H,26,28). The summed E-state index contributed by atoms with van der Waals surface area (Å²) in [5.41, 5.74) is 3.82. The number of nitrogens with zero attached hydrogens (tertiary/aromatic N) is 3. The van der Waals surface area contributed by atoms with Crippen molar-refractivity contribution in [3.05, 3.63) is 77.6 Å². The van der Waals surface area contributed by atoms with Crippen molar-refractivity contribution < 1.29 is 14.3 Å². The van der Waals surface area contributed by atoms with Crippen molar-refractivity contribution in [3.63, 3.8) is 0 Å². The van der Waals surface area contributed by atoms with E-state index < -0.39 is 0 Å². The largest absolute Gasteiger partial charge is 0.497 e. The van der Waals surface area contributed by atoms with E-state index in [1.807, 2.05) is 60.1 Å². The zero-order valence-corrected chi connectivity index (χ0v) is 17.0. The number of ether oxygens (including phenoxy) is 2. The van der Waals surface area contributed by atoms with Crippen molar-refractivity contribution in [2.24, 2.45) is 0 Å². The van der Waals surface area contributed by atoms with Crippen LogP contribution in [0.4, 0.5) is 5.69 Å². The summed E-state index contributed by atoms with van der Waals surface area (Å²) in [6, 6.07) is 17.0. The van der Waals surface area contributed by atoms with Gasteiger partial charge in [-0.3, -0.25) is 9.48 Å². The minimum atomic E-state index is -0.237. The van der Waals surface area contributed by atoms with Crippen molar-refractivity contribution in [3.8, 4) is 11.6 Å². The molecule has 0 radical (unpaired) electrons. The first-order chi connectivity index (χ1) is 14.6. The van der Waals surface area contributed by atoms with Crippen molar-refractivity contribution >= 4 is 22.5 Å². The Bertz CT molecular complexity index is 1200. The summed E-state index contributed by atoms with van der Waals surface area (Å²) in [7, 11) is 3.18. The number of hydrogen-bond acceptors (Lipinski definition) is 5. The highest BCUT2D eigenvalue weighted by atomic mass is 16.5. The molecule has 7 heteroatoms. The van der Waals surface area contributed by atoms with Gasteiger partial charge in [0, 0.05) is 11.5 Å². The molecular weight excluding hydrogens is 380 g/mol. The van der Waals surface area contributed by atoms with Crippen LogP contribution in [0.25, 0.3) is 10.9 Å². The van der Waals surface area contributed by atoms with Gasteiger partial charge in [0.2, 0.25) is 5.88 Å². The van der Waals surface area contributed by atoms with Crippen LogP contribution in [0.5, 0.6) is 11.6 Å². The maximum atomic E-state index is 13.0. The lowest BCUT2D eigenvalue weighted by atomic mass is 10.1. The maximum absolute atomic E-state index is 13.0. The molecule has 2 aromatic carbocycles. The zero-order valence-electron chi connectivity index (χ0n) is 17.0. The van der Waals surface area contributed by atoms with Crippen LogP contribution >= 0.6 is 0 Å². The molecule has 0 aliphatic rings. The number of methoxy groups -OCH3 is 2. The Morgan fingerprint density at radius 1 is 1.07 bits per heavy atom. The first kappa shape index (κ1) is 19.4. The molecule has 0 saturated heterocycles. The predicted molar refractivity (Wildman–Crippen MR) is 115 cm³/mol. The Hall–Kier alpha value is -3.87. The van der Waals surface area contributed by atoms with Gasteiger partial charge < -0.3 is 14.8 Å². The van der Waals surface area contributed by atoms with Crippen LogP contribution < -0.4 is 14.8 Å². The second kappa shape index (κ2) is 8.24. The number of hydrogen-bond donors (Lipinski definition) is 1. The topological polar surface area (TPSA) is 78.3 Å². The summed E-state index contributed by atoms with van der Waals surface area (Å²) in [5.74, 6) is 0.966. The van der Waals surface area contributed by atoms with Crippen molar-refractivity contribution in [1.82, 2.24) is 14.8 Å². The summed E-state index contributed by atoms with van der Waals surface area (Å²) < 4.78 is 12.3. The molecule has 4 aromatic rings. The van der Waals surface area contributed by atoms with E-state index in [1.165, 1.54) is 7.11 Å². The van der Waals surface area contributed by atoms with Gasteiger partial charge in [0.1, 0.15) is 5.75 Å². The smallest absolute Gasteiger partial charge is 0.256 e. The van der Waals surface area contributed by atoms with Crippen LogP contribution in [0.3, 0.4) is 0 Å². The number of aromatic nitrogens is 3. The number of anilines is 1. The molecule has 1 N–H and O–H groups in total. The number of rotatable bonds is 6. The highest BCUT2D eigenvalue weighted by molar-refractivity contribution is 6.12. The Balaban J connectivity index is 1.58. The number of para-hydroxylation sites is 1. The number of benzene rings is 2. The summed E-state index contributed by atoms with van der Waals surface area (Å²) in [6.07, 6.45) is 1.66. The van der Waals surface area contributed by atoms with Crippen LogP contribution in [-0.2, 0) is 6.54 Å². The quantitative estimate of drug-likeness (QED) is 0.526. The highest BCUT2D eigenvalue weighted by Crippen LogP contribution is 2.24. The molecule has 2 heterocycles. The second-order valence-electron chi connectivity index (χ2n) is 6.83. The monoisotopic (exact) mass is 402 g/mol. The van der Waals surface area contributed by atoms with Crippen LogP contribution in [0.15, 0.2) is 60.8 Å². The molecule has 0 fully saturated rings.